The second-order valence-corrected chi connectivity index (χ2v) is 9.29. The molecule has 1 aliphatic heterocycles. The summed E-state index contributed by atoms with van der Waals surface area (Å²) in [4.78, 5) is 27.0. The number of piperazine rings is 1. The summed E-state index contributed by atoms with van der Waals surface area (Å²) in [5.41, 5.74) is 5.29. The van der Waals surface area contributed by atoms with Gasteiger partial charge in [0, 0.05) is 55.3 Å². The van der Waals surface area contributed by atoms with Crippen LogP contribution in [0.4, 0.5) is 10.2 Å². The highest BCUT2D eigenvalue weighted by atomic mass is 19.1. The van der Waals surface area contributed by atoms with E-state index in [2.05, 4.69) is 56.9 Å². The Kier molecular flexibility index (Phi) is 7.25. The number of aromatic nitrogens is 2. The number of hydrogen-bond donors (Lipinski definition) is 0. The summed E-state index contributed by atoms with van der Waals surface area (Å²) in [5.74, 6) is 1.70. The quantitative estimate of drug-likeness (QED) is 0.510. The van der Waals surface area contributed by atoms with E-state index in [1.807, 2.05) is 4.90 Å². The van der Waals surface area contributed by atoms with Crippen molar-refractivity contribution in [2.24, 2.45) is 0 Å². The molecule has 2 heterocycles. The van der Waals surface area contributed by atoms with Gasteiger partial charge in [0.05, 0.1) is 0 Å². The van der Waals surface area contributed by atoms with Crippen molar-refractivity contribution >= 4 is 11.7 Å². The van der Waals surface area contributed by atoms with Crippen LogP contribution in [0.2, 0.25) is 0 Å². The summed E-state index contributed by atoms with van der Waals surface area (Å²) in [6.07, 6.45) is 1.63. The molecule has 0 atom stereocenters. The molecule has 178 valence electrons. The molecule has 6 heteroatoms. The van der Waals surface area contributed by atoms with Gasteiger partial charge in [0.25, 0.3) is 5.91 Å². The average molecular weight is 461 g/mol. The van der Waals surface area contributed by atoms with E-state index in [4.69, 9.17) is 9.97 Å². The molecule has 0 aliphatic carbocycles. The van der Waals surface area contributed by atoms with Gasteiger partial charge < -0.3 is 9.80 Å². The molecule has 0 radical (unpaired) electrons. The first-order chi connectivity index (χ1) is 16.4. The normalized spacial score (nSPS) is 14.1. The zero-order valence-electron chi connectivity index (χ0n) is 20.5. The Morgan fingerprint density at radius 2 is 1.74 bits per heavy atom. The first kappa shape index (κ1) is 23.9. The minimum absolute atomic E-state index is 0.0561. The second-order valence-electron chi connectivity index (χ2n) is 9.29. The minimum Gasteiger partial charge on any atom is -0.353 e. The molecule has 4 rings (SSSR count). The van der Waals surface area contributed by atoms with Crippen LogP contribution in [-0.2, 0) is 12.8 Å². The maximum atomic E-state index is 13.3. The minimum atomic E-state index is -0.334. The Morgan fingerprint density at radius 1 is 1.03 bits per heavy atom. The van der Waals surface area contributed by atoms with E-state index in [9.17, 15) is 9.18 Å². The molecule has 0 bridgehead atoms. The van der Waals surface area contributed by atoms with Gasteiger partial charge in [-0.15, -0.1) is 0 Å². The van der Waals surface area contributed by atoms with E-state index in [1.54, 1.807) is 12.1 Å². The number of hydrogen-bond acceptors (Lipinski definition) is 4. The van der Waals surface area contributed by atoms with Crippen LogP contribution in [-0.4, -0.2) is 47.0 Å². The standard InChI is InChI=1S/C28H33FN4O/c1-5-25-24(18-21-8-6-7-20(4)17-21)27(31-26(30-25)19(2)3)32-13-15-33(16-14-32)28(34)22-9-11-23(29)12-10-22/h6-12,17,19H,5,13-16,18H2,1-4H3. The summed E-state index contributed by atoms with van der Waals surface area (Å²) >= 11 is 0. The number of amides is 1. The molecule has 1 fully saturated rings. The van der Waals surface area contributed by atoms with E-state index in [-0.39, 0.29) is 17.6 Å². The van der Waals surface area contributed by atoms with Crippen LogP contribution in [0.3, 0.4) is 0 Å². The van der Waals surface area contributed by atoms with Crippen molar-refractivity contribution in [3.8, 4) is 0 Å². The smallest absolute Gasteiger partial charge is 0.253 e. The molecule has 3 aromatic rings. The number of halogens is 1. The van der Waals surface area contributed by atoms with E-state index >= 15 is 0 Å². The molecule has 0 N–H and O–H groups in total. The van der Waals surface area contributed by atoms with E-state index in [0.717, 1.165) is 30.2 Å². The Labute approximate surface area is 201 Å². The summed E-state index contributed by atoms with van der Waals surface area (Å²) in [7, 11) is 0. The Balaban J connectivity index is 1.60. The second kappa shape index (κ2) is 10.3. The van der Waals surface area contributed by atoms with Crippen molar-refractivity contribution < 1.29 is 9.18 Å². The molecule has 1 aliphatic rings. The fourth-order valence-corrected chi connectivity index (χ4v) is 4.45. The van der Waals surface area contributed by atoms with Gasteiger partial charge in [-0.05, 0) is 43.2 Å². The highest BCUT2D eigenvalue weighted by Gasteiger charge is 2.26. The largest absolute Gasteiger partial charge is 0.353 e. The number of carbonyl (C=O) groups excluding carboxylic acids is 1. The number of nitrogens with zero attached hydrogens (tertiary/aromatic N) is 4. The molecule has 1 amide bonds. The Hall–Kier alpha value is -3.28. The maximum absolute atomic E-state index is 13.3. The van der Waals surface area contributed by atoms with Crippen molar-refractivity contribution in [1.29, 1.82) is 0 Å². The highest BCUT2D eigenvalue weighted by molar-refractivity contribution is 5.94. The molecule has 0 spiro atoms. The number of benzene rings is 2. The Morgan fingerprint density at radius 3 is 2.35 bits per heavy atom. The van der Waals surface area contributed by atoms with Crippen LogP contribution in [0.15, 0.2) is 48.5 Å². The summed E-state index contributed by atoms with van der Waals surface area (Å²) in [5, 5.41) is 0. The van der Waals surface area contributed by atoms with Gasteiger partial charge in [-0.1, -0.05) is 50.6 Å². The fourth-order valence-electron chi connectivity index (χ4n) is 4.45. The molecule has 1 aromatic heterocycles. The lowest BCUT2D eigenvalue weighted by atomic mass is 10.00. The lowest BCUT2D eigenvalue weighted by Gasteiger charge is -2.37. The van der Waals surface area contributed by atoms with Crippen molar-refractivity contribution in [1.82, 2.24) is 14.9 Å². The van der Waals surface area contributed by atoms with Crippen LogP contribution in [0, 0.1) is 12.7 Å². The van der Waals surface area contributed by atoms with E-state index in [0.29, 0.717) is 31.7 Å². The topological polar surface area (TPSA) is 49.3 Å². The zero-order chi connectivity index (χ0) is 24.2. The van der Waals surface area contributed by atoms with E-state index in [1.165, 1.54) is 28.8 Å². The van der Waals surface area contributed by atoms with Crippen molar-refractivity contribution in [2.75, 3.05) is 31.1 Å². The summed E-state index contributed by atoms with van der Waals surface area (Å²) < 4.78 is 13.3. The predicted octanol–water partition coefficient (Wildman–Crippen LogP) is 5.16. The van der Waals surface area contributed by atoms with Crippen molar-refractivity contribution in [3.05, 3.63) is 88.1 Å². The third-order valence-corrected chi connectivity index (χ3v) is 6.36. The fraction of sp³-hybridized carbons (Fsp3) is 0.393. The van der Waals surface area contributed by atoms with Crippen LogP contribution in [0.1, 0.15) is 65.3 Å². The van der Waals surface area contributed by atoms with E-state index < -0.39 is 0 Å². The van der Waals surface area contributed by atoms with Gasteiger partial charge >= 0.3 is 0 Å². The number of anilines is 1. The molecular weight excluding hydrogens is 427 g/mol. The first-order valence-corrected chi connectivity index (χ1v) is 12.1. The predicted molar refractivity (Wildman–Crippen MR) is 134 cm³/mol. The molecule has 34 heavy (non-hydrogen) atoms. The molecule has 0 saturated carbocycles. The van der Waals surface area contributed by atoms with Gasteiger partial charge in [0.2, 0.25) is 0 Å². The lowest BCUT2D eigenvalue weighted by Crippen LogP contribution is -2.49. The monoisotopic (exact) mass is 460 g/mol. The SMILES string of the molecule is CCc1nc(C(C)C)nc(N2CCN(C(=O)c3ccc(F)cc3)CC2)c1Cc1cccc(C)c1. The third kappa shape index (κ3) is 5.27. The molecule has 2 aromatic carbocycles. The van der Waals surface area contributed by atoms with Crippen LogP contribution < -0.4 is 4.90 Å². The molecule has 1 saturated heterocycles. The van der Waals surface area contributed by atoms with Crippen molar-refractivity contribution in [2.45, 2.75) is 46.5 Å². The highest BCUT2D eigenvalue weighted by Crippen LogP contribution is 2.28. The van der Waals surface area contributed by atoms with Gasteiger partial charge in [0.15, 0.2) is 0 Å². The van der Waals surface area contributed by atoms with Crippen LogP contribution in [0.25, 0.3) is 0 Å². The van der Waals surface area contributed by atoms with Gasteiger partial charge in [-0.3, -0.25) is 4.79 Å². The maximum Gasteiger partial charge on any atom is 0.253 e. The number of aryl methyl sites for hydroxylation is 2. The van der Waals surface area contributed by atoms with Gasteiger partial charge in [-0.25, -0.2) is 14.4 Å². The number of carbonyl (C=O) groups is 1. The summed E-state index contributed by atoms with van der Waals surface area (Å²) in [6.45, 7) is 11.1. The van der Waals surface area contributed by atoms with Gasteiger partial charge in [0.1, 0.15) is 17.5 Å². The first-order valence-electron chi connectivity index (χ1n) is 12.1. The Bertz CT molecular complexity index is 1150. The summed E-state index contributed by atoms with van der Waals surface area (Å²) in [6, 6.07) is 14.4. The molecular formula is C28H33FN4O. The average Bonchev–Trinajstić information content (AvgIpc) is 2.84. The van der Waals surface area contributed by atoms with Crippen LogP contribution >= 0.6 is 0 Å². The van der Waals surface area contributed by atoms with Crippen LogP contribution in [0.5, 0.6) is 0 Å². The van der Waals surface area contributed by atoms with Crippen molar-refractivity contribution in [3.63, 3.8) is 0 Å². The third-order valence-electron chi connectivity index (χ3n) is 6.36. The molecule has 0 unspecified atom stereocenters. The number of rotatable bonds is 6. The zero-order valence-corrected chi connectivity index (χ0v) is 20.5. The van der Waals surface area contributed by atoms with Gasteiger partial charge in [-0.2, -0.15) is 0 Å². The lowest BCUT2D eigenvalue weighted by molar-refractivity contribution is 0.0746. The molecule has 5 nitrogen and oxygen atoms in total.